The fourth-order valence-corrected chi connectivity index (χ4v) is 2.99. The molecular weight excluding hydrogens is 378 g/mol. The number of fused-ring (bicyclic) bond motifs is 1. The third-order valence-electron chi connectivity index (χ3n) is 3.10. The van der Waals surface area contributed by atoms with Crippen molar-refractivity contribution in [1.82, 2.24) is 9.55 Å². The van der Waals surface area contributed by atoms with Gasteiger partial charge in [-0.05, 0) is 43.3 Å². The predicted octanol–water partition coefficient (Wildman–Crippen LogP) is 5.88. The van der Waals surface area contributed by atoms with Crippen LogP contribution in [0.15, 0.2) is 40.9 Å². The van der Waals surface area contributed by atoms with Crippen LogP contribution >= 0.6 is 39.1 Å². The van der Waals surface area contributed by atoms with Gasteiger partial charge in [-0.1, -0.05) is 27.5 Å². The van der Waals surface area contributed by atoms with Crippen LogP contribution in [0, 0.1) is 5.82 Å². The summed E-state index contributed by atoms with van der Waals surface area (Å²) in [5, 5.41) is 0.00763. The van der Waals surface area contributed by atoms with Gasteiger partial charge < -0.3 is 0 Å². The van der Waals surface area contributed by atoms with Crippen molar-refractivity contribution < 1.29 is 4.39 Å². The van der Waals surface area contributed by atoms with Crippen LogP contribution in [0.5, 0.6) is 0 Å². The van der Waals surface area contributed by atoms with E-state index in [9.17, 15) is 4.39 Å². The molecule has 108 valence electrons. The molecule has 0 spiro atoms. The average molecular weight is 388 g/mol. The highest BCUT2D eigenvalue weighted by molar-refractivity contribution is 9.10. The maximum Gasteiger partial charge on any atom is 0.132 e. The summed E-state index contributed by atoms with van der Waals surface area (Å²) in [5.74, 6) is 0.244. The van der Waals surface area contributed by atoms with E-state index in [4.69, 9.17) is 23.2 Å². The summed E-state index contributed by atoms with van der Waals surface area (Å²) < 4.78 is 16.4. The minimum atomic E-state index is -0.400. The standard InChI is InChI=1S/C15H10BrCl2FN2/c1-8(17)15-20-13-3-2-9(16)4-14(13)21(15)12-6-10(18)5-11(19)7-12/h2-8H,1H3. The SMILES string of the molecule is CC(Cl)c1nc2ccc(Br)cc2n1-c1cc(F)cc(Cl)c1. The smallest absolute Gasteiger partial charge is 0.132 e. The van der Waals surface area contributed by atoms with Crippen LogP contribution in [0.1, 0.15) is 18.1 Å². The summed E-state index contributed by atoms with van der Waals surface area (Å²) in [6.45, 7) is 1.83. The van der Waals surface area contributed by atoms with E-state index in [0.717, 1.165) is 15.5 Å². The predicted molar refractivity (Wildman–Crippen MR) is 88.0 cm³/mol. The lowest BCUT2D eigenvalue weighted by atomic mass is 10.2. The molecule has 0 aliphatic carbocycles. The Kier molecular flexibility index (Phi) is 3.95. The molecule has 6 heteroatoms. The Morgan fingerprint density at radius 2 is 2.00 bits per heavy atom. The monoisotopic (exact) mass is 386 g/mol. The average Bonchev–Trinajstić information content (AvgIpc) is 2.76. The first-order valence-corrected chi connectivity index (χ1v) is 7.85. The fourth-order valence-electron chi connectivity index (χ4n) is 2.27. The topological polar surface area (TPSA) is 17.8 Å². The van der Waals surface area contributed by atoms with Gasteiger partial charge in [0.2, 0.25) is 0 Å². The zero-order valence-corrected chi connectivity index (χ0v) is 14.0. The van der Waals surface area contributed by atoms with Crippen molar-refractivity contribution in [1.29, 1.82) is 0 Å². The largest absolute Gasteiger partial charge is 0.295 e. The Morgan fingerprint density at radius 3 is 2.67 bits per heavy atom. The van der Waals surface area contributed by atoms with Crippen molar-refractivity contribution in [2.75, 3.05) is 0 Å². The summed E-state index contributed by atoms with van der Waals surface area (Å²) in [4.78, 5) is 4.53. The zero-order chi connectivity index (χ0) is 15.1. The van der Waals surface area contributed by atoms with E-state index in [-0.39, 0.29) is 5.38 Å². The number of halogens is 4. The van der Waals surface area contributed by atoms with Crippen molar-refractivity contribution >= 4 is 50.2 Å². The number of benzene rings is 2. The van der Waals surface area contributed by atoms with Crippen LogP contribution < -0.4 is 0 Å². The number of rotatable bonds is 2. The van der Waals surface area contributed by atoms with E-state index >= 15 is 0 Å². The van der Waals surface area contributed by atoms with Gasteiger partial charge in [0.25, 0.3) is 0 Å². The maximum absolute atomic E-state index is 13.7. The van der Waals surface area contributed by atoms with Gasteiger partial charge in [0.15, 0.2) is 0 Å². The maximum atomic E-state index is 13.7. The molecule has 0 aliphatic heterocycles. The Bertz CT molecular complexity index is 810. The van der Waals surface area contributed by atoms with E-state index in [0.29, 0.717) is 16.5 Å². The molecule has 3 rings (SSSR count). The van der Waals surface area contributed by atoms with Crippen LogP contribution in [0.3, 0.4) is 0 Å². The van der Waals surface area contributed by atoms with Gasteiger partial charge in [-0.15, -0.1) is 11.6 Å². The lowest BCUT2D eigenvalue weighted by Crippen LogP contribution is -2.02. The third kappa shape index (κ3) is 2.80. The van der Waals surface area contributed by atoms with E-state index in [1.807, 2.05) is 29.7 Å². The molecule has 0 bridgehead atoms. The van der Waals surface area contributed by atoms with Crippen LogP contribution in [-0.2, 0) is 0 Å². The molecule has 1 heterocycles. The second-order valence-corrected chi connectivity index (χ2v) is 6.69. The van der Waals surface area contributed by atoms with E-state index in [2.05, 4.69) is 20.9 Å². The number of nitrogens with zero attached hydrogens (tertiary/aromatic N) is 2. The lowest BCUT2D eigenvalue weighted by molar-refractivity contribution is 0.626. The molecule has 21 heavy (non-hydrogen) atoms. The van der Waals surface area contributed by atoms with Gasteiger partial charge in [0, 0.05) is 9.50 Å². The number of hydrogen-bond acceptors (Lipinski definition) is 1. The van der Waals surface area contributed by atoms with Crippen molar-refractivity contribution in [3.63, 3.8) is 0 Å². The van der Waals surface area contributed by atoms with E-state index in [1.165, 1.54) is 12.1 Å². The zero-order valence-electron chi connectivity index (χ0n) is 10.9. The molecule has 0 radical (unpaired) electrons. The molecule has 1 unspecified atom stereocenters. The first kappa shape index (κ1) is 14.8. The van der Waals surface area contributed by atoms with Gasteiger partial charge in [-0.2, -0.15) is 0 Å². The van der Waals surface area contributed by atoms with E-state index < -0.39 is 5.82 Å². The molecule has 0 saturated heterocycles. The Labute approximate surface area is 139 Å². The number of aromatic nitrogens is 2. The summed E-state index contributed by atoms with van der Waals surface area (Å²) in [5.41, 5.74) is 2.23. The van der Waals surface area contributed by atoms with Crippen LogP contribution in [0.25, 0.3) is 16.7 Å². The molecule has 1 aromatic heterocycles. The summed E-state index contributed by atoms with van der Waals surface area (Å²) in [6, 6.07) is 10.1. The first-order chi connectivity index (χ1) is 9.95. The molecule has 0 amide bonds. The first-order valence-electron chi connectivity index (χ1n) is 6.24. The fraction of sp³-hybridized carbons (Fsp3) is 0.133. The Hall–Kier alpha value is -1.10. The number of hydrogen-bond donors (Lipinski definition) is 0. The highest BCUT2D eigenvalue weighted by Crippen LogP contribution is 2.31. The normalized spacial score (nSPS) is 12.8. The summed E-state index contributed by atoms with van der Waals surface area (Å²) in [6.07, 6.45) is 0. The number of imidazole rings is 1. The minimum absolute atomic E-state index is 0.321. The molecule has 0 N–H and O–H groups in total. The van der Waals surface area contributed by atoms with Gasteiger partial charge in [0.1, 0.15) is 11.6 Å². The number of alkyl halides is 1. The minimum Gasteiger partial charge on any atom is -0.295 e. The quantitative estimate of drug-likeness (QED) is 0.502. The van der Waals surface area contributed by atoms with Crippen molar-refractivity contribution in [2.45, 2.75) is 12.3 Å². The van der Waals surface area contributed by atoms with E-state index in [1.54, 1.807) is 6.07 Å². The molecular formula is C15H10BrCl2FN2. The molecule has 2 nitrogen and oxygen atoms in total. The molecule has 2 aromatic carbocycles. The Morgan fingerprint density at radius 1 is 1.24 bits per heavy atom. The molecule has 1 atom stereocenters. The van der Waals surface area contributed by atoms with Gasteiger partial charge in [-0.25, -0.2) is 9.37 Å². The molecule has 0 fully saturated rings. The highest BCUT2D eigenvalue weighted by atomic mass is 79.9. The second-order valence-electron chi connectivity index (χ2n) is 4.68. The second kappa shape index (κ2) is 5.59. The highest BCUT2D eigenvalue weighted by Gasteiger charge is 2.17. The lowest BCUT2D eigenvalue weighted by Gasteiger charge is -2.11. The van der Waals surface area contributed by atoms with Crippen molar-refractivity contribution in [2.24, 2.45) is 0 Å². The van der Waals surface area contributed by atoms with Gasteiger partial charge in [-0.3, -0.25) is 4.57 Å². The molecule has 0 saturated carbocycles. The summed E-state index contributed by atoms with van der Waals surface area (Å²) >= 11 is 15.6. The van der Waals surface area contributed by atoms with Crippen LogP contribution in [-0.4, -0.2) is 9.55 Å². The summed E-state index contributed by atoms with van der Waals surface area (Å²) in [7, 11) is 0. The van der Waals surface area contributed by atoms with Gasteiger partial charge >= 0.3 is 0 Å². The van der Waals surface area contributed by atoms with Crippen LogP contribution in [0.4, 0.5) is 4.39 Å². The van der Waals surface area contributed by atoms with Gasteiger partial charge in [0.05, 0.1) is 22.1 Å². The molecule has 0 aliphatic rings. The molecule has 3 aromatic rings. The van der Waals surface area contributed by atoms with Crippen molar-refractivity contribution in [3.8, 4) is 5.69 Å². The van der Waals surface area contributed by atoms with Crippen molar-refractivity contribution in [3.05, 3.63) is 57.5 Å². The third-order valence-corrected chi connectivity index (χ3v) is 4.01. The van der Waals surface area contributed by atoms with Crippen LogP contribution in [0.2, 0.25) is 5.02 Å². The Balaban J connectivity index is 2.38.